The van der Waals surface area contributed by atoms with Crippen LogP contribution in [0, 0.1) is 23.7 Å². The Kier molecular flexibility index (Phi) is 5.01. The number of anilines is 1. The second-order valence-corrected chi connectivity index (χ2v) is 9.37. The normalized spacial score (nSPS) is 26.3. The van der Waals surface area contributed by atoms with E-state index in [2.05, 4.69) is 15.9 Å². The van der Waals surface area contributed by atoms with Gasteiger partial charge in [-0.1, -0.05) is 34.1 Å². The van der Waals surface area contributed by atoms with E-state index >= 15 is 0 Å². The number of amides is 2. The van der Waals surface area contributed by atoms with Gasteiger partial charge in [0, 0.05) is 10.0 Å². The number of imide groups is 1. The van der Waals surface area contributed by atoms with Gasteiger partial charge < -0.3 is 4.74 Å². The van der Waals surface area contributed by atoms with Gasteiger partial charge in [-0.2, -0.15) is 0 Å². The van der Waals surface area contributed by atoms with Gasteiger partial charge in [0.25, 0.3) is 0 Å². The van der Waals surface area contributed by atoms with Gasteiger partial charge in [-0.05, 0) is 61.4 Å². The molecule has 1 heterocycles. The van der Waals surface area contributed by atoms with Gasteiger partial charge in [-0.15, -0.1) is 0 Å². The molecule has 2 bridgehead atoms. The summed E-state index contributed by atoms with van der Waals surface area (Å²) in [6.45, 7) is -0.389. The Morgan fingerprint density at radius 2 is 1.58 bits per heavy atom. The van der Waals surface area contributed by atoms with Crippen molar-refractivity contribution in [1.29, 1.82) is 0 Å². The van der Waals surface area contributed by atoms with Crippen LogP contribution in [0.25, 0.3) is 0 Å². The SMILES string of the molecule is O=C(COC(=O)c1cccc(N2C(=O)[C@H]3[C@@H]4CC[C@@H](C4)[C@@H]3C2=O)c1)c1ccc(Br)cc1. The van der Waals surface area contributed by atoms with Crippen molar-refractivity contribution >= 4 is 45.2 Å². The third-order valence-corrected chi connectivity index (χ3v) is 7.30. The average molecular weight is 482 g/mol. The molecule has 3 fully saturated rings. The Hall–Kier alpha value is -2.80. The van der Waals surface area contributed by atoms with Gasteiger partial charge >= 0.3 is 5.97 Å². The fourth-order valence-corrected chi connectivity index (χ4v) is 5.63. The van der Waals surface area contributed by atoms with E-state index in [-0.39, 0.29) is 41.6 Å². The van der Waals surface area contributed by atoms with Crippen LogP contribution in [0.1, 0.15) is 40.0 Å². The number of nitrogens with zero attached hydrogens (tertiary/aromatic N) is 1. The Morgan fingerprint density at radius 1 is 0.935 bits per heavy atom. The fourth-order valence-electron chi connectivity index (χ4n) is 5.37. The number of hydrogen-bond acceptors (Lipinski definition) is 5. The summed E-state index contributed by atoms with van der Waals surface area (Å²) in [5, 5.41) is 0. The molecule has 0 radical (unpaired) electrons. The monoisotopic (exact) mass is 481 g/mol. The van der Waals surface area contributed by atoms with E-state index in [1.807, 2.05) is 0 Å². The summed E-state index contributed by atoms with van der Waals surface area (Å²) in [6.07, 6.45) is 2.99. The quantitative estimate of drug-likeness (QED) is 0.365. The van der Waals surface area contributed by atoms with Crippen LogP contribution in [0.4, 0.5) is 5.69 Å². The smallest absolute Gasteiger partial charge is 0.338 e. The molecular weight excluding hydrogens is 462 g/mol. The van der Waals surface area contributed by atoms with Crippen molar-refractivity contribution in [1.82, 2.24) is 0 Å². The third-order valence-electron chi connectivity index (χ3n) is 6.77. The number of benzene rings is 2. The minimum absolute atomic E-state index is 0.155. The number of rotatable bonds is 5. The van der Waals surface area contributed by atoms with Crippen molar-refractivity contribution in [3.05, 3.63) is 64.1 Å². The first-order valence-corrected chi connectivity index (χ1v) is 11.2. The Morgan fingerprint density at radius 3 is 2.23 bits per heavy atom. The summed E-state index contributed by atoms with van der Waals surface area (Å²) in [7, 11) is 0. The van der Waals surface area contributed by atoms with E-state index < -0.39 is 5.97 Å². The molecule has 4 atom stereocenters. The van der Waals surface area contributed by atoms with Gasteiger partial charge in [0.15, 0.2) is 12.4 Å². The van der Waals surface area contributed by atoms with Crippen LogP contribution in [0.3, 0.4) is 0 Å². The zero-order chi connectivity index (χ0) is 21.7. The zero-order valence-corrected chi connectivity index (χ0v) is 18.2. The van der Waals surface area contributed by atoms with Gasteiger partial charge in [-0.3, -0.25) is 19.3 Å². The number of esters is 1. The van der Waals surface area contributed by atoms with Crippen LogP contribution in [-0.4, -0.2) is 30.2 Å². The first-order valence-electron chi connectivity index (χ1n) is 10.4. The standard InChI is InChI=1S/C24H20BrNO5/c25-17-8-6-13(7-9-17)19(27)12-31-24(30)16-2-1-3-18(11-16)26-22(28)20-14-4-5-15(10-14)21(20)23(26)29/h1-3,6-9,11,14-15,20-21H,4-5,10,12H2/t14-,15+,20-,21-/m0/s1. The van der Waals surface area contributed by atoms with Crippen molar-refractivity contribution in [3.63, 3.8) is 0 Å². The van der Waals surface area contributed by atoms with Gasteiger partial charge in [0.2, 0.25) is 11.8 Å². The lowest BCUT2D eigenvalue weighted by Gasteiger charge is -2.19. The van der Waals surface area contributed by atoms with Gasteiger partial charge in [-0.25, -0.2) is 4.79 Å². The molecule has 1 saturated heterocycles. The van der Waals surface area contributed by atoms with Crippen LogP contribution in [0.15, 0.2) is 53.0 Å². The Bertz CT molecular complexity index is 1070. The van der Waals surface area contributed by atoms with Crippen LogP contribution in [0.5, 0.6) is 0 Å². The lowest BCUT2D eigenvalue weighted by molar-refractivity contribution is -0.123. The fraction of sp³-hybridized carbons (Fsp3) is 0.333. The molecule has 158 valence electrons. The second kappa shape index (κ2) is 7.71. The summed E-state index contributed by atoms with van der Waals surface area (Å²) in [6, 6.07) is 13.1. The summed E-state index contributed by atoms with van der Waals surface area (Å²) in [5.41, 5.74) is 1.03. The van der Waals surface area contributed by atoms with E-state index in [1.54, 1.807) is 42.5 Å². The maximum Gasteiger partial charge on any atom is 0.338 e. The average Bonchev–Trinajstić information content (AvgIpc) is 3.46. The van der Waals surface area contributed by atoms with E-state index in [1.165, 1.54) is 11.0 Å². The summed E-state index contributed by atoms with van der Waals surface area (Å²) in [5.74, 6) is -1.13. The van der Waals surface area contributed by atoms with E-state index in [9.17, 15) is 19.2 Å². The van der Waals surface area contributed by atoms with Crippen molar-refractivity contribution in [3.8, 4) is 0 Å². The maximum atomic E-state index is 13.0. The molecule has 2 aromatic rings. The highest BCUT2D eigenvalue weighted by Crippen LogP contribution is 2.56. The highest BCUT2D eigenvalue weighted by Gasteiger charge is 2.61. The second-order valence-electron chi connectivity index (χ2n) is 8.45. The number of ketones is 1. The van der Waals surface area contributed by atoms with Crippen LogP contribution < -0.4 is 4.90 Å². The summed E-state index contributed by atoms with van der Waals surface area (Å²) in [4.78, 5) is 52.0. The number of carbonyl (C=O) groups excluding carboxylic acids is 4. The molecule has 31 heavy (non-hydrogen) atoms. The van der Waals surface area contributed by atoms with Gasteiger partial charge in [0.05, 0.1) is 23.1 Å². The van der Waals surface area contributed by atoms with Crippen molar-refractivity contribution in [2.75, 3.05) is 11.5 Å². The molecule has 2 saturated carbocycles. The largest absolute Gasteiger partial charge is 0.454 e. The van der Waals surface area contributed by atoms with Crippen LogP contribution in [-0.2, 0) is 14.3 Å². The minimum Gasteiger partial charge on any atom is -0.454 e. The number of carbonyl (C=O) groups is 4. The Labute approximate surface area is 187 Å². The first-order chi connectivity index (χ1) is 14.9. The van der Waals surface area contributed by atoms with Crippen molar-refractivity contribution < 1.29 is 23.9 Å². The molecule has 0 N–H and O–H groups in total. The molecule has 2 aromatic carbocycles. The summed E-state index contributed by atoms with van der Waals surface area (Å²) >= 11 is 3.31. The number of halogens is 1. The Balaban J connectivity index is 1.29. The summed E-state index contributed by atoms with van der Waals surface area (Å²) < 4.78 is 6.02. The highest BCUT2D eigenvalue weighted by atomic mass is 79.9. The maximum absolute atomic E-state index is 13.0. The molecule has 7 heteroatoms. The third kappa shape index (κ3) is 3.41. The topological polar surface area (TPSA) is 80.8 Å². The lowest BCUT2D eigenvalue weighted by atomic mass is 9.81. The van der Waals surface area contributed by atoms with Crippen molar-refractivity contribution in [2.24, 2.45) is 23.7 Å². The van der Waals surface area contributed by atoms with Crippen LogP contribution in [0.2, 0.25) is 0 Å². The predicted octanol–water partition coefficient (Wildman–Crippen LogP) is 4.02. The predicted molar refractivity (Wildman–Crippen MR) is 116 cm³/mol. The molecular formula is C24H20BrNO5. The first kappa shape index (κ1) is 20.1. The highest BCUT2D eigenvalue weighted by molar-refractivity contribution is 9.10. The number of Topliss-reactive ketones (excluding diaryl/α,β-unsaturated/α-hetero) is 1. The zero-order valence-electron chi connectivity index (χ0n) is 16.6. The molecule has 3 aliphatic rings. The molecule has 2 aliphatic carbocycles. The van der Waals surface area contributed by atoms with Gasteiger partial charge in [0.1, 0.15) is 0 Å². The number of fused-ring (bicyclic) bond motifs is 5. The van der Waals surface area contributed by atoms with E-state index in [4.69, 9.17) is 4.74 Å². The molecule has 1 aliphatic heterocycles. The minimum atomic E-state index is -0.674. The molecule has 5 rings (SSSR count). The van der Waals surface area contributed by atoms with E-state index in [0.29, 0.717) is 23.1 Å². The lowest BCUT2D eigenvalue weighted by Crippen LogP contribution is -2.32. The molecule has 0 aromatic heterocycles. The van der Waals surface area contributed by atoms with Crippen molar-refractivity contribution in [2.45, 2.75) is 19.3 Å². The number of hydrogen-bond donors (Lipinski definition) is 0. The molecule has 0 spiro atoms. The van der Waals surface area contributed by atoms with Crippen LogP contribution >= 0.6 is 15.9 Å². The van der Waals surface area contributed by atoms with E-state index in [0.717, 1.165) is 23.7 Å². The molecule has 2 amide bonds. The number of ether oxygens (including phenoxy) is 1. The molecule has 6 nitrogen and oxygen atoms in total. The molecule has 0 unspecified atom stereocenters.